The van der Waals surface area contributed by atoms with Crippen LogP contribution >= 0.6 is 23.5 Å². The third-order valence-corrected chi connectivity index (χ3v) is 7.65. The van der Waals surface area contributed by atoms with E-state index in [1.807, 2.05) is 97.1 Å². The summed E-state index contributed by atoms with van der Waals surface area (Å²) < 4.78 is 0. The molecule has 0 bridgehead atoms. The molecule has 0 unspecified atom stereocenters. The minimum absolute atomic E-state index is 0.180. The molecule has 8 heteroatoms. The average molecular weight is 558 g/mol. The Morgan fingerprint density at radius 3 is 1.55 bits per heavy atom. The van der Waals surface area contributed by atoms with Crippen LogP contribution in [0.1, 0.15) is 22.5 Å². The molecule has 0 amide bonds. The molecule has 0 aliphatic heterocycles. The van der Waals surface area contributed by atoms with Gasteiger partial charge in [-0.3, -0.25) is 16.2 Å². The van der Waals surface area contributed by atoms with Crippen LogP contribution in [0.2, 0.25) is 0 Å². The van der Waals surface area contributed by atoms with E-state index in [0.717, 1.165) is 46.0 Å². The van der Waals surface area contributed by atoms with Crippen LogP contribution in [0, 0.1) is 16.2 Å². The Balaban J connectivity index is 1.26. The van der Waals surface area contributed by atoms with E-state index in [1.54, 1.807) is 24.3 Å². The van der Waals surface area contributed by atoms with Gasteiger partial charge in [0.2, 0.25) is 0 Å². The Morgan fingerprint density at radius 1 is 0.500 bits per heavy atom. The Morgan fingerprint density at radius 2 is 0.975 bits per heavy atom. The van der Waals surface area contributed by atoms with E-state index in [0.29, 0.717) is 27.6 Å². The van der Waals surface area contributed by atoms with Gasteiger partial charge in [-0.05, 0) is 42.1 Å². The van der Waals surface area contributed by atoms with Gasteiger partial charge in [0.1, 0.15) is 20.8 Å². The number of nitrogens with zero attached hydrogens (tertiary/aromatic N) is 2. The van der Waals surface area contributed by atoms with Gasteiger partial charge >= 0.3 is 0 Å². The lowest BCUT2D eigenvalue weighted by atomic mass is 10.1. The van der Waals surface area contributed by atoms with Crippen molar-refractivity contribution in [2.75, 3.05) is 0 Å². The Hall–Kier alpha value is -4.66. The van der Waals surface area contributed by atoms with Crippen molar-refractivity contribution < 1.29 is 5.41 Å². The molecule has 0 radical (unpaired) electrons. The maximum absolute atomic E-state index is 8.65. The molecule has 194 valence electrons. The number of hydrogen-bond donors (Lipinski definition) is 4. The van der Waals surface area contributed by atoms with E-state index in [2.05, 4.69) is 9.97 Å². The van der Waals surface area contributed by atoms with Crippen molar-refractivity contribution in [2.45, 2.75) is 0 Å². The first-order chi connectivity index (χ1) is 19.5. The first kappa shape index (κ1) is 26.9. The minimum atomic E-state index is 0.180. The topological polar surface area (TPSA) is 123 Å². The van der Waals surface area contributed by atoms with Crippen LogP contribution in [0.15, 0.2) is 121 Å². The SMILES string of the molecule is N=C(SC(=N)c1cccc(-c2ccccc2)n1)c1cccc(C(=N)SC(=[NH2+])c2cccc(-c3ccccc3)n2)c1. The van der Waals surface area contributed by atoms with Crippen molar-refractivity contribution in [1.82, 2.24) is 9.97 Å². The van der Waals surface area contributed by atoms with Crippen LogP contribution in [0.5, 0.6) is 0 Å². The van der Waals surface area contributed by atoms with E-state index < -0.39 is 0 Å². The molecule has 0 saturated carbocycles. The fourth-order valence-corrected chi connectivity index (χ4v) is 5.26. The molecule has 40 heavy (non-hydrogen) atoms. The van der Waals surface area contributed by atoms with Crippen molar-refractivity contribution in [3.8, 4) is 22.5 Å². The largest absolute Gasteiger partial charge is 0.293 e. The molecule has 6 nitrogen and oxygen atoms in total. The molecule has 2 heterocycles. The number of nitrogens with two attached hydrogens (primary N) is 1. The van der Waals surface area contributed by atoms with Gasteiger partial charge in [-0.25, -0.2) is 15.4 Å². The minimum Gasteiger partial charge on any atom is -0.293 e. The van der Waals surface area contributed by atoms with Gasteiger partial charge < -0.3 is 0 Å². The molecule has 0 spiro atoms. The zero-order valence-corrected chi connectivity index (χ0v) is 23.0. The van der Waals surface area contributed by atoms with E-state index in [-0.39, 0.29) is 15.1 Å². The first-order valence-electron chi connectivity index (χ1n) is 12.4. The van der Waals surface area contributed by atoms with Crippen molar-refractivity contribution in [1.29, 1.82) is 16.2 Å². The predicted molar refractivity (Wildman–Crippen MR) is 167 cm³/mol. The number of hydrogen-bond acceptors (Lipinski definition) is 7. The van der Waals surface area contributed by atoms with Crippen molar-refractivity contribution in [2.24, 2.45) is 0 Å². The number of nitrogens with one attached hydrogen (secondary N) is 3. The second-order valence-electron chi connectivity index (χ2n) is 8.68. The normalized spacial score (nSPS) is 10.6. The van der Waals surface area contributed by atoms with Crippen LogP contribution in [0.3, 0.4) is 0 Å². The van der Waals surface area contributed by atoms with Gasteiger partial charge in [0.05, 0.1) is 17.1 Å². The maximum atomic E-state index is 8.65. The van der Waals surface area contributed by atoms with Crippen LogP contribution < -0.4 is 5.41 Å². The summed E-state index contributed by atoms with van der Waals surface area (Å²) in [5.74, 6) is 0. The summed E-state index contributed by atoms with van der Waals surface area (Å²) in [5, 5.41) is 33.2. The second kappa shape index (κ2) is 12.5. The third kappa shape index (κ3) is 6.48. The molecule has 5 aromatic rings. The van der Waals surface area contributed by atoms with Gasteiger partial charge in [-0.1, -0.05) is 91.0 Å². The van der Waals surface area contributed by atoms with E-state index in [9.17, 15) is 0 Å². The fourth-order valence-electron chi connectivity index (χ4n) is 3.91. The Labute approximate surface area is 241 Å². The van der Waals surface area contributed by atoms with E-state index in [1.165, 1.54) is 0 Å². The number of aromatic nitrogens is 2. The smallest absolute Gasteiger partial charge is 0.263 e. The molecule has 5 rings (SSSR count). The van der Waals surface area contributed by atoms with Crippen LogP contribution in [-0.2, 0) is 0 Å². The lowest BCUT2D eigenvalue weighted by molar-refractivity contribution is -0.107. The highest BCUT2D eigenvalue weighted by molar-refractivity contribution is 8.27. The lowest BCUT2D eigenvalue weighted by Crippen LogP contribution is -2.39. The molecular weight excluding hydrogens is 533 g/mol. The van der Waals surface area contributed by atoms with Gasteiger partial charge in [-0.15, -0.1) is 0 Å². The molecule has 0 fully saturated rings. The Bertz CT molecular complexity index is 1590. The van der Waals surface area contributed by atoms with Crippen LogP contribution in [-0.4, -0.2) is 30.1 Å². The lowest BCUT2D eigenvalue weighted by Gasteiger charge is -2.09. The molecule has 2 aromatic heterocycles. The molecule has 0 saturated heterocycles. The summed E-state index contributed by atoms with van der Waals surface area (Å²) in [5.41, 5.74) is 5.90. The molecule has 0 aliphatic carbocycles. The third-order valence-electron chi connectivity index (χ3n) is 5.93. The predicted octanol–water partition coefficient (Wildman–Crippen LogP) is 6.16. The zero-order chi connectivity index (χ0) is 27.9. The molecule has 5 N–H and O–H groups in total. The van der Waals surface area contributed by atoms with E-state index >= 15 is 0 Å². The molecule has 0 aliphatic rings. The zero-order valence-electron chi connectivity index (χ0n) is 21.3. The highest BCUT2D eigenvalue weighted by Crippen LogP contribution is 2.24. The number of thioether (sulfide) groups is 2. The first-order valence-corrected chi connectivity index (χ1v) is 14.0. The number of benzene rings is 3. The summed E-state index contributed by atoms with van der Waals surface area (Å²) in [4.78, 5) is 9.30. The van der Waals surface area contributed by atoms with Crippen molar-refractivity contribution in [3.63, 3.8) is 0 Å². The van der Waals surface area contributed by atoms with Gasteiger partial charge in [0, 0.05) is 34.0 Å². The summed E-state index contributed by atoms with van der Waals surface area (Å²) in [6.07, 6.45) is 0. The summed E-state index contributed by atoms with van der Waals surface area (Å²) >= 11 is 2.15. The second-order valence-corrected chi connectivity index (χ2v) is 10.8. The van der Waals surface area contributed by atoms with Gasteiger partial charge in [0.15, 0.2) is 0 Å². The standard InChI is InChI=1S/C32H24N6S2/c33-29(39-31(35)27-18-8-16-25(37-27)21-10-3-1-4-11-21)23-14-7-15-24(20-23)30(34)40-32(36)28-19-9-17-26(38-28)22-12-5-2-6-13-22/h1-20,33-36H/p+1. The summed E-state index contributed by atoms with van der Waals surface area (Å²) in [7, 11) is 0. The molecule has 0 atom stereocenters. The highest BCUT2D eigenvalue weighted by Gasteiger charge is 2.17. The van der Waals surface area contributed by atoms with Crippen LogP contribution in [0.4, 0.5) is 0 Å². The summed E-state index contributed by atoms with van der Waals surface area (Å²) in [6, 6.07) is 38.1. The highest BCUT2D eigenvalue weighted by atomic mass is 32.2. The average Bonchev–Trinajstić information content (AvgIpc) is 3.02. The Kier molecular flexibility index (Phi) is 8.39. The maximum Gasteiger partial charge on any atom is 0.263 e. The number of rotatable bonds is 6. The molecule has 3 aromatic carbocycles. The van der Waals surface area contributed by atoms with E-state index in [4.69, 9.17) is 21.6 Å². The van der Waals surface area contributed by atoms with Gasteiger partial charge in [0.25, 0.3) is 5.04 Å². The van der Waals surface area contributed by atoms with Crippen LogP contribution in [0.25, 0.3) is 22.5 Å². The van der Waals surface area contributed by atoms with Crippen molar-refractivity contribution >= 4 is 43.7 Å². The monoisotopic (exact) mass is 557 g/mol. The fraction of sp³-hybridized carbons (Fsp3) is 0. The van der Waals surface area contributed by atoms with Gasteiger partial charge in [-0.2, -0.15) is 0 Å². The quantitative estimate of drug-likeness (QED) is 0.147. The molecular formula is C32H25N6S2+. The summed E-state index contributed by atoms with van der Waals surface area (Å²) in [6.45, 7) is 0. The van der Waals surface area contributed by atoms with Crippen molar-refractivity contribution in [3.05, 3.63) is 144 Å². The number of pyridine rings is 2.